The fourth-order valence-electron chi connectivity index (χ4n) is 3.20. The predicted molar refractivity (Wildman–Crippen MR) is 101 cm³/mol. The number of para-hydroxylation sites is 1. The van der Waals surface area contributed by atoms with Crippen LogP contribution in [0.25, 0.3) is 27.8 Å². The minimum atomic E-state index is -0.0218. The van der Waals surface area contributed by atoms with Crippen LogP contribution in [0, 0.1) is 6.92 Å². The predicted octanol–water partition coefficient (Wildman–Crippen LogP) is 3.47. The molecule has 1 aromatic carbocycles. The van der Waals surface area contributed by atoms with Crippen LogP contribution >= 0.6 is 0 Å². The molecule has 0 saturated heterocycles. The molecule has 0 fully saturated rings. The van der Waals surface area contributed by atoms with Gasteiger partial charge in [-0.2, -0.15) is 10.2 Å². The van der Waals surface area contributed by atoms with Crippen molar-refractivity contribution in [2.24, 2.45) is 7.05 Å². The maximum absolute atomic E-state index is 6.22. The van der Waals surface area contributed by atoms with Crippen LogP contribution in [0.1, 0.15) is 32.2 Å². The van der Waals surface area contributed by atoms with E-state index in [9.17, 15) is 0 Å². The van der Waals surface area contributed by atoms with E-state index in [1.165, 1.54) is 0 Å². The van der Waals surface area contributed by atoms with Crippen molar-refractivity contribution in [2.45, 2.75) is 33.1 Å². The number of aryl methyl sites for hydroxylation is 2. The molecule has 0 aliphatic rings. The highest BCUT2D eigenvalue weighted by molar-refractivity contribution is 5.93. The summed E-state index contributed by atoms with van der Waals surface area (Å²) in [6.45, 7) is 8.47. The minimum absolute atomic E-state index is 0.0218. The van der Waals surface area contributed by atoms with Crippen molar-refractivity contribution in [1.29, 1.82) is 0 Å². The molecule has 2 N–H and O–H groups in total. The van der Waals surface area contributed by atoms with E-state index in [-0.39, 0.29) is 5.41 Å². The Hall–Kier alpha value is -2.89. The van der Waals surface area contributed by atoms with E-state index in [4.69, 9.17) is 15.9 Å². The Kier molecular flexibility index (Phi) is 3.16. The number of hydrogen-bond acceptors (Lipinski definition) is 4. The monoisotopic (exact) mass is 334 g/mol. The van der Waals surface area contributed by atoms with Gasteiger partial charge in [0.15, 0.2) is 5.65 Å². The summed E-state index contributed by atoms with van der Waals surface area (Å²) in [5.41, 5.74) is 11.8. The number of anilines is 1. The van der Waals surface area contributed by atoms with Gasteiger partial charge in [0.2, 0.25) is 0 Å². The molecule has 6 nitrogen and oxygen atoms in total. The molecule has 4 aromatic rings. The second-order valence-electron chi connectivity index (χ2n) is 7.50. The van der Waals surface area contributed by atoms with E-state index in [1.54, 1.807) is 0 Å². The first-order valence-electron chi connectivity index (χ1n) is 8.36. The third-order valence-electron chi connectivity index (χ3n) is 4.57. The first-order valence-corrected chi connectivity index (χ1v) is 8.36. The summed E-state index contributed by atoms with van der Waals surface area (Å²) in [6, 6.07) is 10.0. The summed E-state index contributed by atoms with van der Waals surface area (Å²) < 4.78 is 3.78. The first kappa shape index (κ1) is 15.6. The molecule has 0 aliphatic heterocycles. The number of nitrogen functional groups attached to an aromatic ring is 1. The third-order valence-corrected chi connectivity index (χ3v) is 4.57. The largest absolute Gasteiger partial charge is 0.383 e. The van der Waals surface area contributed by atoms with Crippen molar-refractivity contribution in [1.82, 2.24) is 24.4 Å². The molecule has 0 spiro atoms. The molecule has 0 radical (unpaired) electrons. The maximum atomic E-state index is 6.22. The van der Waals surface area contributed by atoms with Gasteiger partial charge < -0.3 is 5.73 Å². The topological polar surface area (TPSA) is 74.0 Å². The molecule has 0 saturated carbocycles. The average molecular weight is 334 g/mol. The molecule has 4 rings (SSSR count). The van der Waals surface area contributed by atoms with Crippen LogP contribution in [0.4, 0.5) is 5.82 Å². The fraction of sp³-hybridized carbons (Fsp3) is 0.316. The van der Waals surface area contributed by atoms with Crippen molar-refractivity contribution in [3.05, 3.63) is 41.7 Å². The van der Waals surface area contributed by atoms with Gasteiger partial charge in [0, 0.05) is 17.8 Å². The lowest BCUT2D eigenvalue weighted by molar-refractivity contribution is 0.553. The van der Waals surface area contributed by atoms with Crippen molar-refractivity contribution in [2.75, 3.05) is 5.73 Å². The summed E-state index contributed by atoms with van der Waals surface area (Å²) >= 11 is 0. The van der Waals surface area contributed by atoms with Crippen molar-refractivity contribution in [3.8, 4) is 11.3 Å². The van der Waals surface area contributed by atoms with Crippen LogP contribution < -0.4 is 5.73 Å². The van der Waals surface area contributed by atoms with Gasteiger partial charge in [-0.05, 0) is 25.1 Å². The van der Waals surface area contributed by atoms with Gasteiger partial charge in [-0.3, -0.25) is 4.68 Å². The summed E-state index contributed by atoms with van der Waals surface area (Å²) in [5.74, 6) is 0.516. The summed E-state index contributed by atoms with van der Waals surface area (Å²) in [6.07, 6.45) is 0. The molecule has 3 aromatic heterocycles. The molecule has 0 bridgehead atoms. The molecular weight excluding hydrogens is 312 g/mol. The first-order chi connectivity index (χ1) is 11.8. The smallest absolute Gasteiger partial charge is 0.167 e. The Morgan fingerprint density at radius 1 is 1.08 bits per heavy atom. The van der Waals surface area contributed by atoms with Crippen molar-refractivity contribution in [3.63, 3.8) is 0 Å². The third kappa shape index (κ3) is 2.28. The zero-order valence-electron chi connectivity index (χ0n) is 15.2. The fourth-order valence-corrected chi connectivity index (χ4v) is 3.20. The van der Waals surface area contributed by atoms with Gasteiger partial charge >= 0.3 is 0 Å². The zero-order chi connectivity index (χ0) is 17.9. The Labute approximate surface area is 146 Å². The Morgan fingerprint density at radius 3 is 2.48 bits per heavy atom. The maximum Gasteiger partial charge on any atom is 0.167 e. The van der Waals surface area contributed by atoms with Crippen LogP contribution in [-0.2, 0) is 12.5 Å². The Morgan fingerprint density at radius 2 is 1.80 bits per heavy atom. The molecule has 128 valence electrons. The van der Waals surface area contributed by atoms with Crippen LogP contribution in [0.5, 0.6) is 0 Å². The molecule has 6 heteroatoms. The Bertz CT molecular complexity index is 1110. The van der Waals surface area contributed by atoms with Gasteiger partial charge in [0.25, 0.3) is 0 Å². The SMILES string of the molecule is Cc1nn2c(nc(N)c3ccccc32)c1-c1cc(C(C)(C)C)nn1C. The highest BCUT2D eigenvalue weighted by atomic mass is 15.3. The number of fused-ring (bicyclic) bond motifs is 3. The molecule has 0 unspecified atom stereocenters. The Balaban J connectivity index is 2.07. The number of benzene rings is 1. The molecule has 0 atom stereocenters. The van der Waals surface area contributed by atoms with Gasteiger partial charge in [-0.15, -0.1) is 0 Å². The van der Waals surface area contributed by atoms with Gasteiger partial charge in [-0.1, -0.05) is 32.9 Å². The zero-order valence-corrected chi connectivity index (χ0v) is 15.2. The minimum Gasteiger partial charge on any atom is -0.383 e. The lowest BCUT2D eigenvalue weighted by Gasteiger charge is -2.13. The van der Waals surface area contributed by atoms with Crippen molar-refractivity contribution < 1.29 is 0 Å². The van der Waals surface area contributed by atoms with E-state index >= 15 is 0 Å². The molecule has 3 heterocycles. The molecular formula is C19H22N6. The molecule has 0 aliphatic carbocycles. The van der Waals surface area contributed by atoms with E-state index < -0.39 is 0 Å². The van der Waals surface area contributed by atoms with Gasteiger partial charge in [0.05, 0.1) is 28.2 Å². The number of aromatic nitrogens is 5. The quantitative estimate of drug-likeness (QED) is 0.578. The van der Waals surface area contributed by atoms with Crippen molar-refractivity contribution >= 4 is 22.4 Å². The second-order valence-corrected chi connectivity index (χ2v) is 7.50. The van der Waals surface area contributed by atoms with E-state index in [0.717, 1.165) is 39.2 Å². The molecule has 0 amide bonds. The van der Waals surface area contributed by atoms with E-state index in [1.807, 2.05) is 47.4 Å². The van der Waals surface area contributed by atoms with Gasteiger partial charge in [-0.25, -0.2) is 9.50 Å². The summed E-state index contributed by atoms with van der Waals surface area (Å²) in [4.78, 5) is 4.65. The van der Waals surface area contributed by atoms with Crippen LogP contribution in [0.3, 0.4) is 0 Å². The number of nitrogens with two attached hydrogens (primary N) is 1. The lowest BCUT2D eigenvalue weighted by atomic mass is 9.92. The number of nitrogens with zero attached hydrogens (tertiary/aromatic N) is 5. The standard InChI is InChI=1S/C19H22N6/c1-11-16(14-10-15(19(2,3)4)23-24(14)5)18-21-17(20)12-8-6-7-9-13(12)25(18)22-11/h6-10H,1-5H3,(H2,20,21). The second kappa shape index (κ2) is 5.05. The van der Waals surface area contributed by atoms with Crippen LogP contribution in [-0.4, -0.2) is 24.4 Å². The van der Waals surface area contributed by atoms with Crippen LogP contribution in [0.2, 0.25) is 0 Å². The van der Waals surface area contributed by atoms with E-state index in [2.05, 4.69) is 31.8 Å². The van der Waals surface area contributed by atoms with Crippen LogP contribution in [0.15, 0.2) is 30.3 Å². The highest BCUT2D eigenvalue weighted by Crippen LogP contribution is 2.33. The number of hydrogen-bond donors (Lipinski definition) is 1. The average Bonchev–Trinajstić information content (AvgIpc) is 3.07. The van der Waals surface area contributed by atoms with E-state index in [0.29, 0.717) is 5.82 Å². The number of rotatable bonds is 1. The lowest BCUT2D eigenvalue weighted by Crippen LogP contribution is -2.12. The normalized spacial score (nSPS) is 12.4. The highest BCUT2D eigenvalue weighted by Gasteiger charge is 2.23. The summed E-state index contributed by atoms with van der Waals surface area (Å²) in [7, 11) is 1.96. The summed E-state index contributed by atoms with van der Waals surface area (Å²) in [5, 5.41) is 10.3. The molecule has 25 heavy (non-hydrogen) atoms. The van der Waals surface area contributed by atoms with Gasteiger partial charge in [0.1, 0.15) is 5.82 Å².